The Kier molecular flexibility index (Phi) is 5.38. The fourth-order valence-corrected chi connectivity index (χ4v) is 3.38. The average Bonchev–Trinajstić information content (AvgIpc) is 3.02. The molecule has 0 aliphatic rings. The lowest BCUT2D eigenvalue weighted by Gasteiger charge is -2.38. The highest BCUT2D eigenvalue weighted by Gasteiger charge is 2.39. The molecular weight excluding hydrogens is 338 g/mol. The van der Waals surface area contributed by atoms with Crippen LogP contribution in [0.2, 0.25) is 18.1 Å². The van der Waals surface area contributed by atoms with E-state index >= 15 is 0 Å². The van der Waals surface area contributed by atoms with Crippen LogP contribution in [-0.4, -0.2) is 46.1 Å². The molecule has 136 valence electrons. The fourth-order valence-electron chi connectivity index (χ4n) is 2.03. The number of methoxy groups -OCH3 is 1. The largest absolute Gasteiger partial charge is 0.463 e. The van der Waals surface area contributed by atoms with Crippen molar-refractivity contribution < 1.29 is 14.0 Å². The number of carbonyl (C=O) groups is 1. The van der Waals surface area contributed by atoms with E-state index in [1.54, 1.807) is 12.4 Å². The second-order valence-corrected chi connectivity index (χ2v) is 12.0. The predicted octanol–water partition coefficient (Wildman–Crippen LogP) is 2.93. The Labute approximate surface area is 148 Å². The Balaban J connectivity index is 2.35. The Bertz CT molecular complexity index is 754. The van der Waals surface area contributed by atoms with Gasteiger partial charge < -0.3 is 9.16 Å². The van der Waals surface area contributed by atoms with Crippen molar-refractivity contribution in [1.29, 1.82) is 0 Å². The fraction of sp³-hybridized carbons (Fsp3) is 0.562. The summed E-state index contributed by atoms with van der Waals surface area (Å²) in [6, 6.07) is 0. The summed E-state index contributed by atoms with van der Waals surface area (Å²) in [6.07, 6.45) is 4.33. The van der Waals surface area contributed by atoms with E-state index in [2.05, 4.69) is 58.7 Å². The molecule has 25 heavy (non-hydrogen) atoms. The van der Waals surface area contributed by atoms with E-state index in [-0.39, 0.29) is 17.0 Å². The summed E-state index contributed by atoms with van der Waals surface area (Å²) in [4.78, 5) is 24.3. The van der Waals surface area contributed by atoms with Gasteiger partial charge in [0.15, 0.2) is 14.1 Å². The monoisotopic (exact) mass is 363 g/mol. The van der Waals surface area contributed by atoms with Gasteiger partial charge in [-0.15, -0.1) is 5.10 Å². The van der Waals surface area contributed by atoms with Crippen molar-refractivity contribution in [2.24, 2.45) is 0 Å². The standard InChI is InChI=1S/C16H25N5O3Si/c1-11(24-25(6,7)16(2,3)4)12-14(18-9-8-17-12)21-10-19-13(20-21)15(22)23-5/h8-11H,1-7H3. The van der Waals surface area contributed by atoms with Crippen LogP contribution < -0.4 is 0 Å². The molecule has 0 spiro atoms. The van der Waals surface area contributed by atoms with Crippen molar-refractivity contribution in [1.82, 2.24) is 24.7 Å². The molecule has 0 aliphatic carbocycles. The van der Waals surface area contributed by atoms with Gasteiger partial charge in [-0.2, -0.15) is 4.68 Å². The lowest BCUT2D eigenvalue weighted by Crippen LogP contribution is -2.41. The van der Waals surface area contributed by atoms with Crippen LogP contribution in [0, 0.1) is 0 Å². The zero-order valence-electron chi connectivity index (χ0n) is 15.8. The second-order valence-electron chi connectivity index (χ2n) is 7.29. The quantitative estimate of drug-likeness (QED) is 0.595. The van der Waals surface area contributed by atoms with Gasteiger partial charge in [0, 0.05) is 12.4 Å². The number of aromatic nitrogens is 5. The highest BCUT2D eigenvalue weighted by Crippen LogP contribution is 2.39. The molecule has 0 fully saturated rings. The molecule has 0 bridgehead atoms. The van der Waals surface area contributed by atoms with Crippen LogP contribution in [0.25, 0.3) is 5.82 Å². The molecule has 2 heterocycles. The average molecular weight is 363 g/mol. The summed E-state index contributed by atoms with van der Waals surface area (Å²) in [5, 5.41) is 4.20. The van der Waals surface area contributed by atoms with Gasteiger partial charge in [-0.1, -0.05) is 20.8 Å². The van der Waals surface area contributed by atoms with E-state index in [9.17, 15) is 4.79 Å². The van der Waals surface area contributed by atoms with Crippen LogP contribution in [0.15, 0.2) is 18.7 Å². The minimum absolute atomic E-state index is 0.0305. The smallest absolute Gasteiger partial charge is 0.377 e. The van der Waals surface area contributed by atoms with Crippen molar-refractivity contribution in [2.45, 2.75) is 51.9 Å². The molecule has 2 aromatic rings. The van der Waals surface area contributed by atoms with E-state index in [1.807, 2.05) is 6.92 Å². The second kappa shape index (κ2) is 7.01. The molecule has 0 amide bonds. The Morgan fingerprint density at radius 1 is 1.20 bits per heavy atom. The van der Waals surface area contributed by atoms with E-state index in [0.717, 1.165) is 0 Å². The minimum atomic E-state index is -1.98. The van der Waals surface area contributed by atoms with Gasteiger partial charge in [-0.25, -0.2) is 14.8 Å². The summed E-state index contributed by atoms with van der Waals surface area (Å²) in [6.45, 7) is 12.9. The van der Waals surface area contributed by atoms with E-state index in [1.165, 1.54) is 18.1 Å². The maximum atomic E-state index is 11.6. The van der Waals surface area contributed by atoms with Crippen LogP contribution in [0.5, 0.6) is 0 Å². The highest BCUT2D eigenvalue weighted by molar-refractivity contribution is 6.74. The van der Waals surface area contributed by atoms with E-state index in [4.69, 9.17) is 4.43 Å². The molecule has 0 saturated heterocycles. The van der Waals surface area contributed by atoms with Crippen molar-refractivity contribution in [3.8, 4) is 5.82 Å². The Morgan fingerprint density at radius 2 is 1.84 bits per heavy atom. The molecule has 2 rings (SSSR count). The zero-order valence-corrected chi connectivity index (χ0v) is 16.8. The summed E-state index contributed by atoms with van der Waals surface area (Å²) in [5.74, 6) is -0.150. The van der Waals surface area contributed by atoms with E-state index < -0.39 is 14.3 Å². The van der Waals surface area contributed by atoms with Crippen LogP contribution >= 0.6 is 0 Å². The molecule has 0 N–H and O–H groups in total. The van der Waals surface area contributed by atoms with Crippen LogP contribution in [0.1, 0.15) is 50.1 Å². The van der Waals surface area contributed by atoms with Crippen molar-refractivity contribution in [3.05, 3.63) is 30.2 Å². The van der Waals surface area contributed by atoms with Gasteiger partial charge in [-0.05, 0) is 25.1 Å². The Morgan fingerprint density at radius 3 is 2.44 bits per heavy atom. The molecule has 0 aliphatic heterocycles. The predicted molar refractivity (Wildman–Crippen MR) is 95.0 cm³/mol. The van der Waals surface area contributed by atoms with Gasteiger partial charge in [0.1, 0.15) is 12.0 Å². The number of rotatable bonds is 5. The lowest BCUT2D eigenvalue weighted by atomic mass is 10.2. The summed E-state index contributed by atoms with van der Waals surface area (Å²) in [5.41, 5.74) is 0.647. The van der Waals surface area contributed by atoms with Gasteiger partial charge in [0.2, 0.25) is 0 Å². The lowest BCUT2D eigenvalue weighted by molar-refractivity contribution is 0.0587. The van der Waals surface area contributed by atoms with Gasteiger partial charge in [0.05, 0.1) is 13.2 Å². The number of hydrogen-bond acceptors (Lipinski definition) is 7. The molecule has 1 unspecified atom stereocenters. The number of carbonyl (C=O) groups excluding carboxylic acids is 1. The molecule has 0 saturated carbocycles. The molecule has 9 heteroatoms. The Hall–Kier alpha value is -2.13. The highest BCUT2D eigenvalue weighted by atomic mass is 28.4. The number of nitrogens with zero attached hydrogens (tertiary/aromatic N) is 5. The number of esters is 1. The first-order valence-electron chi connectivity index (χ1n) is 8.06. The molecule has 0 radical (unpaired) electrons. The topological polar surface area (TPSA) is 92.0 Å². The first-order chi connectivity index (χ1) is 11.6. The van der Waals surface area contributed by atoms with Crippen LogP contribution in [0.3, 0.4) is 0 Å². The summed E-state index contributed by atoms with van der Waals surface area (Å²) >= 11 is 0. The third kappa shape index (κ3) is 4.10. The molecule has 8 nitrogen and oxygen atoms in total. The molecule has 0 aromatic carbocycles. The number of ether oxygens (including phenoxy) is 1. The maximum Gasteiger partial charge on any atom is 0.377 e. The van der Waals surface area contributed by atoms with Crippen molar-refractivity contribution in [3.63, 3.8) is 0 Å². The third-order valence-electron chi connectivity index (χ3n) is 4.45. The van der Waals surface area contributed by atoms with Crippen LogP contribution in [0.4, 0.5) is 0 Å². The van der Waals surface area contributed by atoms with Gasteiger partial charge in [0.25, 0.3) is 5.82 Å². The summed E-state index contributed by atoms with van der Waals surface area (Å²) in [7, 11) is -0.697. The number of hydrogen-bond donors (Lipinski definition) is 0. The van der Waals surface area contributed by atoms with Crippen LogP contribution in [-0.2, 0) is 9.16 Å². The minimum Gasteiger partial charge on any atom is -0.463 e. The van der Waals surface area contributed by atoms with Gasteiger partial charge in [-0.3, -0.25) is 4.98 Å². The zero-order chi connectivity index (χ0) is 18.8. The molecule has 1 atom stereocenters. The van der Waals surface area contributed by atoms with Crippen molar-refractivity contribution >= 4 is 14.3 Å². The van der Waals surface area contributed by atoms with E-state index in [0.29, 0.717) is 11.5 Å². The van der Waals surface area contributed by atoms with Crippen molar-refractivity contribution in [2.75, 3.05) is 7.11 Å². The molecular formula is C16H25N5O3Si. The SMILES string of the molecule is COC(=O)c1ncn(-c2nccnc2C(C)O[Si](C)(C)C(C)(C)C)n1. The summed E-state index contributed by atoms with van der Waals surface area (Å²) < 4.78 is 12.5. The maximum absolute atomic E-state index is 11.6. The third-order valence-corrected chi connectivity index (χ3v) is 9.00. The van der Waals surface area contributed by atoms with Gasteiger partial charge >= 0.3 is 5.97 Å². The first kappa shape index (κ1) is 19.2. The normalized spacial score (nSPS) is 13.6. The molecule has 2 aromatic heterocycles. The first-order valence-corrected chi connectivity index (χ1v) is 11.0.